The third kappa shape index (κ3) is 2.85. The number of nitrogens with zero attached hydrogens (tertiary/aromatic N) is 2. The van der Waals surface area contributed by atoms with Gasteiger partial charge in [0.2, 0.25) is 0 Å². The van der Waals surface area contributed by atoms with Crippen LogP contribution in [0.1, 0.15) is 11.3 Å². The summed E-state index contributed by atoms with van der Waals surface area (Å²) in [5.41, 5.74) is 0.382. The number of hydrogen-bond donors (Lipinski definition) is 1. The maximum absolute atomic E-state index is 13.3. The monoisotopic (exact) mass is 377 g/mol. The molecular weight excluding hydrogens is 369 g/mol. The second kappa shape index (κ2) is 5.88. The first-order valence-electron chi connectivity index (χ1n) is 6.56. The molecule has 1 N–H and O–H groups in total. The quantitative estimate of drug-likeness (QED) is 0.559. The molecule has 2 aromatic carbocycles. The van der Waals surface area contributed by atoms with Gasteiger partial charge in [-0.3, -0.25) is 14.9 Å². The SMILES string of the molecule is O=c1[nH]nc(Cc2ccc(F)c(Br)c2)c2c([N+](=O)[O-])cccc12. The Kier molecular flexibility index (Phi) is 3.91. The van der Waals surface area contributed by atoms with Crippen LogP contribution < -0.4 is 5.56 Å². The zero-order valence-electron chi connectivity index (χ0n) is 11.5. The number of halogens is 2. The number of aromatic nitrogens is 2. The van der Waals surface area contributed by atoms with Gasteiger partial charge in [0.25, 0.3) is 11.2 Å². The summed E-state index contributed by atoms with van der Waals surface area (Å²) in [5.74, 6) is -0.404. The van der Waals surface area contributed by atoms with E-state index in [4.69, 9.17) is 0 Å². The summed E-state index contributed by atoms with van der Waals surface area (Å²) in [5, 5.41) is 17.9. The van der Waals surface area contributed by atoms with Crippen LogP contribution in [0.5, 0.6) is 0 Å². The smallest absolute Gasteiger partial charge is 0.267 e. The van der Waals surface area contributed by atoms with Gasteiger partial charge in [-0.15, -0.1) is 0 Å². The number of benzene rings is 2. The molecule has 3 aromatic rings. The Hall–Kier alpha value is -2.61. The van der Waals surface area contributed by atoms with Gasteiger partial charge in [0.15, 0.2) is 0 Å². The first-order valence-corrected chi connectivity index (χ1v) is 7.35. The summed E-state index contributed by atoms with van der Waals surface area (Å²) in [4.78, 5) is 22.5. The lowest BCUT2D eigenvalue weighted by Gasteiger charge is -2.06. The van der Waals surface area contributed by atoms with Crippen molar-refractivity contribution in [2.75, 3.05) is 0 Å². The van der Waals surface area contributed by atoms with Crippen LogP contribution in [-0.4, -0.2) is 15.1 Å². The zero-order chi connectivity index (χ0) is 16.6. The Morgan fingerprint density at radius 3 is 2.78 bits per heavy atom. The van der Waals surface area contributed by atoms with Crippen LogP contribution in [0.4, 0.5) is 10.1 Å². The maximum Gasteiger partial charge on any atom is 0.279 e. The fraction of sp³-hybridized carbons (Fsp3) is 0.0667. The molecule has 0 aliphatic carbocycles. The average Bonchev–Trinajstić information content (AvgIpc) is 2.53. The van der Waals surface area contributed by atoms with E-state index in [1.54, 1.807) is 12.1 Å². The van der Waals surface area contributed by atoms with E-state index in [9.17, 15) is 19.3 Å². The Bertz CT molecular complexity index is 987. The minimum absolute atomic E-state index is 0.183. The van der Waals surface area contributed by atoms with Gasteiger partial charge in [0, 0.05) is 12.5 Å². The van der Waals surface area contributed by atoms with Crippen molar-refractivity contribution >= 4 is 32.4 Å². The second-order valence-corrected chi connectivity index (χ2v) is 5.74. The number of nitrogens with one attached hydrogen (secondary N) is 1. The highest BCUT2D eigenvalue weighted by molar-refractivity contribution is 9.10. The molecule has 23 heavy (non-hydrogen) atoms. The van der Waals surface area contributed by atoms with Crippen LogP contribution in [0.25, 0.3) is 10.8 Å². The first kappa shape index (κ1) is 15.3. The Balaban J connectivity index is 2.21. The van der Waals surface area contributed by atoms with E-state index in [0.29, 0.717) is 15.7 Å². The number of rotatable bonds is 3. The molecule has 0 saturated carbocycles. The van der Waals surface area contributed by atoms with Gasteiger partial charge < -0.3 is 0 Å². The number of nitro benzene ring substituents is 1. The second-order valence-electron chi connectivity index (χ2n) is 4.88. The van der Waals surface area contributed by atoms with Crippen molar-refractivity contribution in [2.45, 2.75) is 6.42 Å². The van der Waals surface area contributed by atoms with Gasteiger partial charge in [0.1, 0.15) is 5.82 Å². The molecule has 0 amide bonds. The van der Waals surface area contributed by atoms with E-state index in [2.05, 4.69) is 26.1 Å². The highest BCUT2D eigenvalue weighted by Gasteiger charge is 2.18. The number of non-ortho nitro benzene ring substituents is 1. The summed E-state index contributed by atoms with van der Waals surface area (Å²) in [6, 6.07) is 8.71. The van der Waals surface area contributed by atoms with Gasteiger partial charge >= 0.3 is 0 Å². The lowest BCUT2D eigenvalue weighted by Crippen LogP contribution is -2.12. The molecule has 0 radical (unpaired) electrons. The third-order valence-electron chi connectivity index (χ3n) is 3.42. The van der Waals surface area contributed by atoms with Crippen LogP contribution in [0.2, 0.25) is 0 Å². The van der Waals surface area contributed by atoms with Crippen molar-refractivity contribution in [3.8, 4) is 0 Å². The van der Waals surface area contributed by atoms with Crippen LogP contribution in [0.15, 0.2) is 45.7 Å². The Morgan fingerprint density at radius 2 is 2.09 bits per heavy atom. The number of nitro groups is 1. The minimum atomic E-state index is -0.548. The molecule has 0 aliphatic rings. The standard InChI is InChI=1S/C15H9BrFN3O3/c16-10-6-8(4-5-11(10)17)7-12-14-9(15(21)19-18-12)2-1-3-13(14)20(22)23/h1-6H,7H2,(H,19,21). The van der Waals surface area contributed by atoms with E-state index in [-0.39, 0.29) is 22.9 Å². The summed E-state index contributed by atoms with van der Waals surface area (Å²) in [7, 11) is 0. The largest absolute Gasteiger partial charge is 0.279 e. The number of aromatic amines is 1. The van der Waals surface area contributed by atoms with Crippen LogP contribution in [0.3, 0.4) is 0 Å². The topological polar surface area (TPSA) is 88.9 Å². The molecule has 0 aliphatic heterocycles. The summed E-state index contributed by atoms with van der Waals surface area (Å²) < 4.78 is 13.6. The third-order valence-corrected chi connectivity index (χ3v) is 4.03. The zero-order valence-corrected chi connectivity index (χ0v) is 13.1. The molecule has 0 atom stereocenters. The molecule has 6 nitrogen and oxygen atoms in total. The van der Waals surface area contributed by atoms with Crippen molar-refractivity contribution < 1.29 is 9.31 Å². The molecule has 3 rings (SSSR count). The lowest BCUT2D eigenvalue weighted by molar-refractivity contribution is -0.383. The molecule has 8 heteroatoms. The molecular formula is C15H9BrFN3O3. The van der Waals surface area contributed by atoms with E-state index in [1.165, 1.54) is 24.3 Å². The highest BCUT2D eigenvalue weighted by Crippen LogP contribution is 2.27. The predicted molar refractivity (Wildman–Crippen MR) is 85.9 cm³/mol. The molecule has 0 unspecified atom stereocenters. The van der Waals surface area contributed by atoms with E-state index in [1.807, 2.05) is 0 Å². The van der Waals surface area contributed by atoms with E-state index < -0.39 is 16.3 Å². The van der Waals surface area contributed by atoms with Crippen LogP contribution >= 0.6 is 15.9 Å². The normalized spacial score (nSPS) is 10.9. The lowest BCUT2D eigenvalue weighted by atomic mass is 10.0. The van der Waals surface area contributed by atoms with Gasteiger partial charge in [0.05, 0.1) is 25.9 Å². The van der Waals surface area contributed by atoms with Gasteiger partial charge in [-0.25, -0.2) is 9.49 Å². The van der Waals surface area contributed by atoms with E-state index in [0.717, 1.165) is 0 Å². The van der Waals surface area contributed by atoms with E-state index >= 15 is 0 Å². The fourth-order valence-electron chi connectivity index (χ4n) is 2.39. The first-order chi connectivity index (χ1) is 11.0. The molecule has 0 bridgehead atoms. The van der Waals surface area contributed by atoms with Crippen molar-refractivity contribution in [3.63, 3.8) is 0 Å². The summed E-state index contributed by atoms with van der Waals surface area (Å²) in [6.45, 7) is 0. The van der Waals surface area contributed by atoms with Crippen molar-refractivity contribution in [1.29, 1.82) is 0 Å². The fourth-order valence-corrected chi connectivity index (χ4v) is 2.82. The van der Waals surface area contributed by atoms with Crippen molar-refractivity contribution in [1.82, 2.24) is 10.2 Å². The molecule has 1 heterocycles. The van der Waals surface area contributed by atoms with Crippen molar-refractivity contribution in [2.24, 2.45) is 0 Å². The molecule has 1 aromatic heterocycles. The summed E-state index contributed by atoms with van der Waals surface area (Å²) >= 11 is 3.10. The van der Waals surface area contributed by atoms with Gasteiger partial charge in [-0.05, 0) is 39.7 Å². The summed E-state index contributed by atoms with van der Waals surface area (Å²) in [6.07, 6.45) is 0.219. The van der Waals surface area contributed by atoms with Gasteiger partial charge in [-0.1, -0.05) is 12.1 Å². The Morgan fingerprint density at radius 1 is 1.30 bits per heavy atom. The van der Waals surface area contributed by atoms with Gasteiger partial charge in [-0.2, -0.15) is 5.10 Å². The van der Waals surface area contributed by atoms with Crippen LogP contribution in [0, 0.1) is 15.9 Å². The maximum atomic E-state index is 13.3. The molecule has 0 fully saturated rings. The molecule has 116 valence electrons. The number of H-pyrrole nitrogens is 1. The predicted octanol–water partition coefficient (Wildman–Crippen LogP) is 3.32. The molecule has 0 saturated heterocycles. The van der Waals surface area contributed by atoms with Crippen molar-refractivity contribution in [3.05, 3.63) is 78.4 Å². The van der Waals surface area contributed by atoms with Crippen LogP contribution in [-0.2, 0) is 6.42 Å². The highest BCUT2D eigenvalue weighted by atomic mass is 79.9. The minimum Gasteiger partial charge on any atom is -0.267 e. The number of hydrogen-bond acceptors (Lipinski definition) is 4. The number of fused-ring (bicyclic) bond motifs is 1. The Labute approximate surface area is 137 Å². The molecule has 0 spiro atoms. The average molecular weight is 378 g/mol.